The highest BCUT2D eigenvalue weighted by Crippen LogP contribution is 2.18. The third-order valence-electron chi connectivity index (χ3n) is 3.62. The Hall–Kier alpha value is -1.63. The zero-order valence-electron chi connectivity index (χ0n) is 13.5. The number of nitrogens with one attached hydrogen (secondary N) is 1. The van der Waals surface area contributed by atoms with Gasteiger partial charge in [0.25, 0.3) is 0 Å². The van der Waals surface area contributed by atoms with Crippen LogP contribution in [0.1, 0.15) is 27.2 Å². The second-order valence-corrected chi connectivity index (χ2v) is 5.16. The van der Waals surface area contributed by atoms with Crippen molar-refractivity contribution in [2.75, 3.05) is 55.0 Å². The second kappa shape index (κ2) is 7.40. The molecule has 2 heterocycles. The molecule has 21 heavy (non-hydrogen) atoms. The molecule has 0 bridgehead atoms. The van der Waals surface area contributed by atoms with Gasteiger partial charge >= 0.3 is 0 Å². The van der Waals surface area contributed by atoms with Crippen molar-refractivity contribution in [3.8, 4) is 0 Å². The van der Waals surface area contributed by atoms with Crippen LogP contribution in [0.15, 0.2) is 0 Å². The average Bonchev–Trinajstić information content (AvgIpc) is 2.73. The van der Waals surface area contributed by atoms with Crippen molar-refractivity contribution in [3.05, 3.63) is 0 Å². The summed E-state index contributed by atoms with van der Waals surface area (Å²) in [6, 6.07) is 0. The van der Waals surface area contributed by atoms with Crippen LogP contribution in [0.5, 0.6) is 0 Å². The van der Waals surface area contributed by atoms with Crippen LogP contribution >= 0.6 is 0 Å². The fraction of sp³-hybridized carbons (Fsp3) is 0.786. The maximum absolute atomic E-state index is 5.69. The van der Waals surface area contributed by atoms with Gasteiger partial charge in [-0.25, -0.2) is 0 Å². The van der Waals surface area contributed by atoms with Gasteiger partial charge in [0.2, 0.25) is 17.8 Å². The molecular formula is C14H26N6O. The van der Waals surface area contributed by atoms with Crippen molar-refractivity contribution in [2.45, 2.75) is 33.3 Å². The van der Waals surface area contributed by atoms with Crippen molar-refractivity contribution in [1.82, 2.24) is 15.0 Å². The Morgan fingerprint density at radius 1 is 1.29 bits per heavy atom. The fourth-order valence-electron chi connectivity index (χ4n) is 2.43. The summed E-state index contributed by atoms with van der Waals surface area (Å²) in [4.78, 5) is 18.0. The SMILES string of the molecule is CCN(CC)c1nc(NC)nc(N2CCCOC(C)C2)n1. The predicted octanol–water partition coefficient (Wildman–Crippen LogP) is 1.37. The van der Waals surface area contributed by atoms with Crippen LogP contribution in [0.4, 0.5) is 17.8 Å². The predicted molar refractivity (Wildman–Crippen MR) is 85.2 cm³/mol. The molecule has 118 valence electrons. The Kier molecular flexibility index (Phi) is 5.55. The quantitative estimate of drug-likeness (QED) is 0.880. The summed E-state index contributed by atoms with van der Waals surface area (Å²) in [6.07, 6.45) is 1.19. The smallest absolute Gasteiger partial charge is 0.232 e. The van der Waals surface area contributed by atoms with Crippen molar-refractivity contribution in [2.24, 2.45) is 0 Å². The molecule has 0 amide bonds. The van der Waals surface area contributed by atoms with Gasteiger partial charge < -0.3 is 19.9 Å². The van der Waals surface area contributed by atoms with Crippen molar-refractivity contribution in [1.29, 1.82) is 0 Å². The molecule has 0 radical (unpaired) electrons. The van der Waals surface area contributed by atoms with Crippen molar-refractivity contribution in [3.63, 3.8) is 0 Å². The number of ether oxygens (including phenoxy) is 1. The standard InChI is InChI=1S/C14H26N6O/c1-5-19(6-2)13-16-12(15-4)17-14(18-13)20-8-7-9-21-11(3)10-20/h11H,5-10H2,1-4H3,(H,15,16,17,18). The molecule has 1 aromatic rings. The summed E-state index contributed by atoms with van der Waals surface area (Å²) < 4.78 is 5.69. The third kappa shape index (κ3) is 3.93. The molecular weight excluding hydrogens is 268 g/mol. The van der Waals surface area contributed by atoms with Crippen LogP contribution in [-0.4, -0.2) is 60.9 Å². The van der Waals surface area contributed by atoms with Crippen molar-refractivity contribution < 1.29 is 4.74 Å². The summed E-state index contributed by atoms with van der Waals surface area (Å²) in [5.74, 6) is 2.07. The first-order valence-electron chi connectivity index (χ1n) is 7.73. The molecule has 1 saturated heterocycles. The molecule has 1 atom stereocenters. The first kappa shape index (κ1) is 15.8. The van der Waals surface area contributed by atoms with Crippen molar-refractivity contribution >= 4 is 17.8 Å². The lowest BCUT2D eigenvalue weighted by Crippen LogP contribution is -2.33. The van der Waals surface area contributed by atoms with E-state index in [0.29, 0.717) is 5.95 Å². The Labute approximate surface area is 126 Å². The van der Waals surface area contributed by atoms with E-state index in [4.69, 9.17) is 4.74 Å². The molecule has 7 nitrogen and oxygen atoms in total. The van der Waals surface area contributed by atoms with E-state index in [0.717, 1.165) is 51.1 Å². The highest BCUT2D eigenvalue weighted by atomic mass is 16.5. The van der Waals surface area contributed by atoms with E-state index in [1.54, 1.807) is 0 Å². The minimum atomic E-state index is 0.194. The lowest BCUT2D eigenvalue weighted by molar-refractivity contribution is 0.0820. The van der Waals surface area contributed by atoms with Gasteiger partial charge in [-0.05, 0) is 27.2 Å². The molecule has 0 aromatic carbocycles. The number of hydrogen-bond acceptors (Lipinski definition) is 7. The van der Waals surface area contributed by atoms with Gasteiger partial charge in [-0.15, -0.1) is 0 Å². The molecule has 1 fully saturated rings. The largest absolute Gasteiger partial charge is 0.377 e. The number of anilines is 3. The maximum atomic E-state index is 5.69. The number of hydrogen-bond donors (Lipinski definition) is 1. The summed E-state index contributed by atoms with van der Waals surface area (Å²) in [7, 11) is 1.83. The third-order valence-corrected chi connectivity index (χ3v) is 3.62. The van der Waals surface area contributed by atoms with Crippen LogP contribution in [0.3, 0.4) is 0 Å². The first-order chi connectivity index (χ1) is 10.2. The van der Waals surface area contributed by atoms with E-state index >= 15 is 0 Å². The summed E-state index contributed by atoms with van der Waals surface area (Å²) in [6.45, 7) is 10.6. The Balaban J connectivity index is 2.30. The molecule has 7 heteroatoms. The highest BCUT2D eigenvalue weighted by molar-refractivity contribution is 5.45. The minimum Gasteiger partial charge on any atom is -0.377 e. The minimum absolute atomic E-state index is 0.194. The summed E-state index contributed by atoms with van der Waals surface area (Å²) in [5.41, 5.74) is 0. The summed E-state index contributed by atoms with van der Waals surface area (Å²) in [5, 5.41) is 3.03. The van der Waals surface area contributed by atoms with Gasteiger partial charge in [0.15, 0.2) is 0 Å². The molecule has 0 aliphatic carbocycles. The van der Waals surface area contributed by atoms with E-state index < -0.39 is 0 Å². The molecule has 1 N–H and O–H groups in total. The molecule has 1 unspecified atom stereocenters. The Bertz CT molecular complexity index is 451. The summed E-state index contributed by atoms with van der Waals surface area (Å²) >= 11 is 0. The van der Waals surface area contributed by atoms with Crippen LogP contribution in [0.25, 0.3) is 0 Å². The monoisotopic (exact) mass is 294 g/mol. The molecule has 1 aliphatic heterocycles. The topological polar surface area (TPSA) is 66.4 Å². The molecule has 1 aliphatic rings. The number of rotatable bonds is 5. The average molecular weight is 294 g/mol. The number of aromatic nitrogens is 3. The Morgan fingerprint density at radius 2 is 2.05 bits per heavy atom. The maximum Gasteiger partial charge on any atom is 0.232 e. The van der Waals surface area contributed by atoms with Gasteiger partial charge in [-0.1, -0.05) is 0 Å². The van der Waals surface area contributed by atoms with E-state index in [2.05, 4.69) is 50.8 Å². The lowest BCUT2D eigenvalue weighted by Gasteiger charge is -2.25. The molecule has 0 spiro atoms. The molecule has 1 aromatic heterocycles. The Morgan fingerprint density at radius 3 is 2.71 bits per heavy atom. The highest BCUT2D eigenvalue weighted by Gasteiger charge is 2.20. The fourth-order valence-corrected chi connectivity index (χ4v) is 2.43. The van der Waals surface area contributed by atoms with Gasteiger partial charge in [0, 0.05) is 39.8 Å². The van der Waals surface area contributed by atoms with Crippen LogP contribution < -0.4 is 15.1 Å². The van der Waals surface area contributed by atoms with Crippen LogP contribution in [-0.2, 0) is 4.74 Å². The second-order valence-electron chi connectivity index (χ2n) is 5.16. The van der Waals surface area contributed by atoms with Gasteiger partial charge in [0.1, 0.15) is 0 Å². The number of nitrogens with zero attached hydrogens (tertiary/aromatic N) is 5. The van der Waals surface area contributed by atoms with E-state index in [-0.39, 0.29) is 6.10 Å². The van der Waals surface area contributed by atoms with Gasteiger partial charge in [-0.3, -0.25) is 0 Å². The molecule has 0 saturated carbocycles. The zero-order valence-corrected chi connectivity index (χ0v) is 13.5. The normalized spacial score (nSPS) is 19.2. The zero-order chi connectivity index (χ0) is 15.2. The van der Waals surface area contributed by atoms with E-state index in [1.807, 2.05) is 7.05 Å². The molecule has 2 rings (SSSR count). The van der Waals surface area contributed by atoms with Crippen LogP contribution in [0, 0.1) is 0 Å². The van der Waals surface area contributed by atoms with Crippen LogP contribution in [0.2, 0.25) is 0 Å². The first-order valence-corrected chi connectivity index (χ1v) is 7.73. The lowest BCUT2D eigenvalue weighted by atomic mass is 10.3. The van der Waals surface area contributed by atoms with E-state index in [9.17, 15) is 0 Å². The van der Waals surface area contributed by atoms with E-state index in [1.165, 1.54) is 0 Å². The van der Waals surface area contributed by atoms with Gasteiger partial charge in [-0.2, -0.15) is 15.0 Å². The van der Waals surface area contributed by atoms with Gasteiger partial charge in [0.05, 0.1) is 6.10 Å².